The molecule has 0 spiro atoms. The van der Waals surface area contributed by atoms with Crippen molar-refractivity contribution >= 4 is 23.1 Å². The highest BCUT2D eigenvalue weighted by atomic mass is 32.1. The van der Waals surface area contributed by atoms with Crippen LogP contribution < -0.4 is 15.4 Å². The van der Waals surface area contributed by atoms with E-state index in [9.17, 15) is 0 Å². The summed E-state index contributed by atoms with van der Waals surface area (Å²) < 4.78 is 5.89. The van der Waals surface area contributed by atoms with Crippen LogP contribution in [0.4, 0.5) is 11.8 Å². The van der Waals surface area contributed by atoms with E-state index < -0.39 is 0 Å². The second-order valence-corrected chi connectivity index (χ2v) is 9.13. The Hall–Kier alpha value is -3.38. The van der Waals surface area contributed by atoms with Crippen LogP contribution in [0.1, 0.15) is 24.3 Å². The number of anilines is 2. The summed E-state index contributed by atoms with van der Waals surface area (Å²) >= 11 is 1.78. The second kappa shape index (κ2) is 10.8. The molecule has 0 aliphatic carbocycles. The minimum absolute atomic E-state index is 0.546. The Kier molecular flexibility index (Phi) is 7.35. The summed E-state index contributed by atoms with van der Waals surface area (Å²) in [6, 6.07) is 24.7. The minimum atomic E-state index is 0.546. The van der Waals surface area contributed by atoms with Crippen LogP contribution in [0.5, 0.6) is 5.75 Å². The molecule has 2 heterocycles. The Labute approximate surface area is 193 Å². The van der Waals surface area contributed by atoms with Gasteiger partial charge in [-0.05, 0) is 59.5 Å². The number of nitrogens with zero attached hydrogens (tertiary/aromatic N) is 2. The molecule has 0 saturated heterocycles. The summed E-state index contributed by atoms with van der Waals surface area (Å²) in [7, 11) is 0. The standard InChI is InChI=1S/C26H28N4OS/c1-19(2)16-29-26-27-15-14-25(30-26)28-17-23-12-13-24(32-23)21-8-10-22(11-9-21)31-18-20-6-4-3-5-7-20/h3-15,19H,16-18H2,1-2H3,(H2,27,28,29,30). The van der Waals surface area contributed by atoms with Gasteiger partial charge in [-0.3, -0.25) is 0 Å². The van der Waals surface area contributed by atoms with Crippen molar-refractivity contribution in [2.45, 2.75) is 27.0 Å². The molecule has 32 heavy (non-hydrogen) atoms. The first-order chi connectivity index (χ1) is 15.7. The molecule has 0 atom stereocenters. The van der Waals surface area contributed by atoms with E-state index in [0.29, 0.717) is 18.5 Å². The van der Waals surface area contributed by atoms with Crippen LogP contribution in [0.25, 0.3) is 10.4 Å². The van der Waals surface area contributed by atoms with Gasteiger partial charge < -0.3 is 15.4 Å². The number of rotatable bonds is 10. The van der Waals surface area contributed by atoms with E-state index in [2.05, 4.69) is 70.8 Å². The van der Waals surface area contributed by atoms with Crippen LogP contribution in [0.15, 0.2) is 79.0 Å². The lowest BCUT2D eigenvalue weighted by molar-refractivity contribution is 0.306. The van der Waals surface area contributed by atoms with Gasteiger partial charge in [-0.1, -0.05) is 44.2 Å². The van der Waals surface area contributed by atoms with Crippen LogP contribution in [-0.2, 0) is 13.2 Å². The van der Waals surface area contributed by atoms with Crippen molar-refractivity contribution in [1.82, 2.24) is 9.97 Å². The van der Waals surface area contributed by atoms with Gasteiger partial charge in [0.25, 0.3) is 0 Å². The number of ether oxygens (including phenoxy) is 1. The number of hydrogen-bond acceptors (Lipinski definition) is 6. The fraction of sp³-hybridized carbons (Fsp3) is 0.231. The van der Waals surface area contributed by atoms with Crippen molar-refractivity contribution in [3.8, 4) is 16.2 Å². The molecule has 0 bridgehead atoms. The molecule has 2 N–H and O–H groups in total. The van der Waals surface area contributed by atoms with Crippen LogP contribution in [0.3, 0.4) is 0 Å². The Morgan fingerprint density at radius 1 is 0.906 bits per heavy atom. The Morgan fingerprint density at radius 3 is 2.50 bits per heavy atom. The fourth-order valence-corrected chi connectivity index (χ4v) is 4.05. The maximum Gasteiger partial charge on any atom is 0.224 e. The number of benzene rings is 2. The molecule has 4 rings (SSSR count). The Morgan fingerprint density at radius 2 is 1.72 bits per heavy atom. The third kappa shape index (κ3) is 6.31. The molecular formula is C26H28N4OS. The van der Waals surface area contributed by atoms with Gasteiger partial charge in [0, 0.05) is 22.5 Å². The minimum Gasteiger partial charge on any atom is -0.489 e. The summed E-state index contributed by atoms with van der Waals surface area (Å²) in [5.74, 6) is 2.90. The molecular weight excluding hydrogens is 416 g/mol. The normalized spacial score (nSPS) is 10.8. The molecule has 2 aromatic heterocycles. The predicted molar refractivity (Wildman–Crippen MR) is 133 cm³/mol. The summed E-state index contributed by atoms with van der Waals surface area (Å²) in [6.45, 7) is 6.48. The van der Waals surface area contributed by atoms with E-state index in [4.69, 9.17) is 4.74 Å². The maximum atomic E-state index is 5.89. The van der Waals surface area contributed by atoms with Gasteiger partial charge in [-0.2, -0.15) is 4.98 Å². The first-order valence-corrected chi connectivity index (χ1v) is 11.6. The highest BCUT2D eigenvalue weighted by Crippen LogP contribution is 2.30. The van der Waals surface area contributed by atoms with Gasteiger partial charge in [-0.25, -0.2) is 4.98 Å². The van der Waals surface area contributed by atoms with Crippen molar-refractivity contribution in [3.05, 3.63) is 89.4 Å². The van der Waals surface area contributed by atoms with Crippen LogP contribution in [0.2, 0.25) is 0 Å². The molecule has 0 fully saturated rings. The van der Waals surface area contributed by atoms with Crippen molar-refractivity contribution in [2.24, 2.45) is 5.92 Å². The molecule has 0 unspecified atom stereocenters. The van der Waals surface area contributed by atoms with E-state index in [0.717, 1.165) is 24.7 Å². The van der Waals surface area contributed by atoms with E-state index in [-0.39, 0.29) is 0 Å². The molecule has 0 aliphatic heterocycles. The maximum absolute atomic E-state index is 5.89. The highest BCUT2D eigenvalue weighted by Gasteiger charge is 2.05. The molecule has 4 aromatic rings. The molecule has 0 saturated carbocycles. The van der Waals surface area contributed by atoms with Crippen LogP contribution in [0, 0.1) is 5.92 Å². The number of hydrogen-bond donors (Lipinski definition) is 2. The van der Waals surface area contributed by atoms with E-state index >= 15 is 0 Å². The number of aromatic nitrogens is 2. The van der Waals surface area contributed by atoms with Gasteiger partial charge in [-0.15, -0.1) is 11.3 Å². The van der Waals surface area contributed by atoms with E-state index in [1.165, 1.54) is 20.9 Å². The lowest BCUT2D eigenvalue weighted by Crippen LogP contribution is -2.11. The molecule has 0 aliphatic rings. The average molecular weight is 445 g/mol. The fourth-order valence-electron chi connectivity index (χ4n) is 3.10. The Bertz CT molecular complexity index is 1110. The molecule has 164 valence electrons. The number of thiophene rings is 1. The predicted octanol–water partition coefficient (Wildman–Crippen LogP) is 6.46. The zero-order chi connectivity index (χ0) is 22.2. The van der Waals surface area contributed by atoms with Gasteiger partial charge in [0.2, 0.25) is 5.95 Å². The molecule has 6 heteroatoms. The lowest BCUT2D eigenvalue weighted by atomic mass is 10.2. The number of nitrogens with one attached hydrogen (secondary N) is 2. The summed E-state index contributed by atoms with van der Waals surface area (Å²) in [6.07, 6.45) is 1.78. The van der Waals surface area contributed by atoms with E-state index in [1.807, 2.05) is 36.4 Å². The molecule has 0 amide bonds. The van der Waals surface area contributed by atoms with Crippen LogP contribution >= 0.6 is 11.3 Å². The SMILES string of the molecule is CC(C)CNc1nccc(NCc2ccc(-c3ccc(OCc4ccccc4)cc3)s2)n1. The third-order valence-electron chi connectivity index (χ3n) is 4.82. The van der Waals surface area contributed by atoms with Crippen LogP contribution in [-0.4, -0.2) is 16.5 Å². The van der Waals surface area contributed by atoms with E-state index in [1.54, 1.807) is 17.5 Å². The molecule has 0 radical (unpaired) electrons. The zero-order valence-electron chi connectivity index (χ0n) is 18.4. The van der Waals surface area contributed by atoms with Crippen molar-refractivity contribution in [1.29, 1.82) is 0 Å². The second-order valence-electron chi connectivity index (χ2n) is 7.96. The van der Waals surface area contributed by atoms with Crippen molar-refractivity contribution in [2.75, 3.05) is 17.2 Å². The first kappa shape index (κ1) is 21.8. The smallest absolute Gasteiger partial charge is 0.224 e. The quantitative estimate of drug-likeness (QED) is 0.294. The average Bonchev–Trinajstić information content (AvgIpc) is 3.30. The molecule has 2 aromatic carbocycles. The highest BCUT2D eigenvalue weighted by molar-refractivity contribution is 7.15. The summed E-state index contributed by atoms with van der Waals surface area (Å²) in [5, 5.41) is 6.66. The lowest BCUT2D eigenvalue weighted by Gasteiger charge is -2.09. The zero-order valence-corrected chi connectivity index (χ0v) is 19.2. The Balaban J connectivity index is 1.31. The topological polar surface area (TPSA) is 59.1 Å². The summed E-state index contributed by atoms with van der Waals surface area (Å²) in [5.41, 5.74) is 2.36. The van der Waals surface area contributed by atoms with Gasteiger partial charge >= 0.3 is 0 Å². The first-order valence-electron chi connectivity index (χ1n) is 10.8. The summed E-state index contributed by atoms with van der Waals surface area (Å²) in [4.78, 5) is 11.3. The van der Waals surface area contributed by atoms with Crippen molar-refractivity contribution < 1.29 is 4.74 Å². The van der Waals surface area contributed by atoms with Gasteiger partial charge in [0.15, 0.2) is 0 Å². The molecule has 5 nitrogen and oxygen atoms in total. The third-order valence-corrected chi connectivity index (χ3v) is 5.95. The largest absolute Gasteiger partial charge is 0.489 e. The monoisotopic (exact) mass is 444 g/mol. The van der Waals surface area contributed by atoms with Crippen molar-refractivity contribution in [3.63, 3.8) is 0 Å². The van der Waals surface area contributed by atoms with Gasteiger partial charge in [0.1, 0.15) is 18.2 Å². The van der Waals surface area contributed by atoms with Gasteiger partial charge in [0.05, 0.1) is 6.54 Å².